The maximum atomic E-state index is 11.7. The molecule has 0 bridgehead atoms. The molecule has 8 nitrogen and oxygen atoms in total. The van der Waals surface area contributed by atoms with Gasteiger partial charge in [-0.1, -0.05) is 73.5 Å². The Hall–Kier alpha value is -3.23. The summed E-state index contributed by atoms with van der Waals surface area (Å²) in [7, 11) is 0. The lowest BCUT2D eigenvalue weighted by atomic mass is 10.1. The molecule has 0 radical (unpaired) electrons. The van der Waals surface area contributed by atoms with Gasteiger partial charge in [0.05, 0.1) is 24.6 Å². The number of carboxylic acids is 2. The van der Waals surface area contributed by atoms with E-state index in [0.717, 1.165) is 44.2 Å². The average molecular weight is 458 g/mol. The fourth-order valence-electron chi connectivity index (χ4n) is 2.89. The van der Waals surface area contributed by atoms with Crippen molar-refractivity contribution in [2.45, 2.75) is 44.6 Å². The van der Waals surface area contributed by atoms with Crippen LogP contribution in [0.25, 0.3) is 0 Å². The monoisotopic (exact) mass is 457 g/mol. The second-order valence-corrected chi connectivity index (χ2v) is 7.33. The van der Waals surface area contributed by atoms with Crippen LogP contribution in [0.2, 0.25) is 0 Å². The average Bonchev–Trinajstić information content (AvgIpc) is 2.83. The fourth-order valence-corrected chi connectivity index (χ4v) is 2.89. The molecule has 2 rings (SSSR count). The third-order valence-electron chi connectivity index (χ3n) is 4.66. The maximum Gasteiger partial charge on any atom is 0.306 e. The number of carbonyl (C=O) groups is 3. The number of hydrogen-bond donors (Lipinski definition) is 2. The Morgan fingerprint density at radius 3 is 2.03 bits per heavy atom. The summed E-state index contributed by atoms with van der Waals surface area (Å²) < 4.78 is 5.28. The minimum Gasteiger partial charge on any atom is -0.543 e. The zero-order valence-electron chi connectivity index (χ0n) is 18.6. The standard InChI is InChI=1S/C23H31NO3.C2H2O4/c25-22(21-13-7-4-8-14-21)19-24-17-9-1-2-10-18-27-23(26)16-15-20-11-5-3-6-12-20;3-1(4)2(5)6/h3-8,11-14,22,24-25H,1-2,9-10,15-19H2;(H,3,4)(H,5,6)/p-2. The van der Waals surface area contributed by atoms with Crippen LogP contribution < -0.4 is 15.5 Å². The molecule has 0 spiro atoms. The van der Waals surface area contributed by atoms with E-state index >= 15 is 0 Å². The van der Waals surface area contributed by atoms with E-state index in [2.05, 4.69) is 5.32 Å². The van der Waals surface area contributed by atoms with Crippen molar-refractivity contribution in [3.05, 3.63) is 71.8 Å². The number of carbonyl (C=O) groups excluding carboxylic acids is 3. The molecule has 0 aliphatic rings. The van der Waals surface area contributed by atoms with Crippen LogP contribution in [-0.2, 0) is 25.5 Å². The minimum atomic E-state index is -2.19. The van der Waals surface area contributed by atoms with Crippen molar-refractivity contribution in [1.29, 1.82) is 0 Å². The molecule has 0 aliphatic heterocycles. The predicted octanol–water partition coefficient (Wildman–Crippen LogP) is 0.532. The first-order valence-electron chi connectivity index (χ1n) is 11.0. The molecule has 33 heavy (non-hydrogen) atoms. The summed E-state index contributed by atoms with van der Waals surface area (Å²) in [5, 5.41) is 31.2. The van der Waals surface area contributed by atoms with Crippen molar-refractivity contribution in [3.8, 4) is 0 Å². The van der Waals surface area contributed by atoms with Crippen LogP contribution in [0, 0.1) is 0 Å². The van der Waals surface area contributed by atoms with Gasteiger partial charge in [-0.25, -0.2) is 0 Å². The molecule has 0 fully saturated rings. The smallest absolute Gasteiger partial charge is 0.306 e. The second kappa shape index (κ2) is 17.3. The van der Waals surface area contributed by atoms with Gasteiger partial charge in [-0.05, 0) is 36.9 Å². The lowest BCUT2D eigenvalue weighted by Crippen LogP contribution is -2.42. The van der Waals surface area contributed by atoms with Gasteiger partial charge in [-0.15, -0.1) is 0 Å². The van der Waals surface area contributed by atoms with Crippen LogP contribution in [0.3, 0.4) is 0 Å². The molecule has 2 aromatic carbocycles. The van der Waals surface area contributed by atoms with Crippen molar-refractivity contribution in [2.75, 3.05) is 19.7 Å². The van der Waals surface area contributed by atoms with Gasteiger partial charge in [0.25, 0.3) is 0 Å². The zero-order valence-corrected chi connectivity index (χ0v) is 18.6. The Morgan fingerprint density at radius 1 is 0.848 bits per heavy atom. The number of aliphatic carboxylic acids is 2. The maximum absolute atomic E-state index is 11.7. The third-order valence-corrected chi connectivity index (χ3v) is 4.66. The number of aliphatic hydroxyl groups excluding tert-OH is 1. The van der Waals surface area contributed by atoms with Crippen LogP contribution in [0.1, 0.15) is 49.3 Å². The first-order chi connectivity index (χ1) is 15.9. The Labute approximate surface area is 194 Å². The molecule has 8 heteroatoms. The number of rotatable bonds is 13. The van der Waals surface area contributed by atoms with Gasteiger partial charge in [0, 0.05) is 13.0 Å². The number of carboxylic acid groups (broad SMARTS) is 2. The first-order valence-corrected chi connectivity index (χ1v) is 11.0. The fraction of sp³-hybridized carbons (Fsp3) is 0.400. The Bertz CT molecular complexity index is 800. The van der Waals surface area contributed by atoms with Crippen LogP contribution >= 0.6 is 0 Å². The molecule has 180 valence electrons. The van der Waals surface area contributed by atoms with Gasteiger partial charge in [0.15, 0.2) is 0 Å². The third kappa shape index (κ3) is 14.5. The summed E-state index contributed by atoms with van der Waals surface area (Å²) in [4.78, 5) is 29.6. The van der Waals surface area contributed by atoms with E-state index in [1.165, 1.54) is 5.56 Å². The molecular formula is C25H31NO7-2. The van der Waals surface area contributed by atoms with Crippen molar-refractivity contribution in [2.24, 2.45) is 0 Å². The number of aryl methyl sites for hydroxylation is 1. The van der Waals surface area contributed by atoms with Crippen molar-refractivity contribution < 1.29 is 34.4 Å². The lowest BCUT2D eigenvalue weighted by Gasteiger charge is -2.12. The minimum absolute atomic E-state index is 0.115. The van der Waals surface area contributed by atoms with Crippen molar-refractivity contribution in [3.63, 3.8) is 0 Å². The van der Waals surface area contributed by atoms with E-state index in [1.807, 2.05) is 60.7 Å². The first kappa shape index (κ1) is 27.8. The predicted molar refractivity (Wildman–Crippen MR) is 118 cm³/mol. The van der Waals surface area contributed by atoms with Crippen LogP contribution in [0.5, 0.6) is 0 Å². The van der Waals surface area contributed by atoms with Crippen molar-refractivity contribution >= 4 is 17.9 Å². The van der Waals surface area contributed by atoms with Gasteiger partial charge >= 0.3 is 5.97 Å². The van der Waals surface area contributed by atoms with E-state index < -0.39 is 18.0 Å². The molecule has 0 aromatic heterocycles. The number of esters is 1. The molecule has 0 aliphatic carbocycles. The zero-order chi connectivity index (χ0) is 24.3. The van der Waals surface area contributed by atoms with Crippen LogP contribution in [0.4, 0.5) is 0 Å². The van der Waals surface area contributed by atoms with Gasteiger partial charge < -0.3 is 35.0 Å². The lowest BCUT2D eigenvalue weighted by molar-refractivity contribution is -0.345. The molecule has 0 amide bonds. The summed E-state index contributed by atoms with van der Waals surface area (Å²) >= 11 is 0. The molecule has 1 atom stereocenters. The van der Waals surface area contributed by atoms with E-state index in [4.69, 9.17) is 24.5 Å². The van der Waals surface area contributed by atoms with E-state index in [-0.39, 0.29) is 5.97 Å². The molecule has 0 saturated heterocycles. The van der Waals surface area contributed by atoms with E-state index in [0.29, 0.717) is 19.6 Å². The molecule has 0 saturated carbocycles. The number of nitrogens with one attached hydrogen (secondary N) is 1. The van der Waals surface area contributed by atoms with E-state index in [9.17, 15) is 9.90 Å². The number of hydrogen-bond acceptors (Lipinski definition) is 8. The topological polar surface area (TPSA) is 139 Å². The van der Waals surface area contributed by atoms with Gasteiger partial charge in [-0.3, -0.25) is 4.79 Å². The van der Waals surface area contributed by atoms with Crippen LogP contribution in [0.15, 0.2) is 60.7 Å². The molecular weight excluding hydrogens is 426 g/mol. The van der Waals surface area contributed by atoms with Gasteiger partial charge in [0.2, 0.25) is 0 Å². The Balaban J connectivity index is 0.000000801. The highest BCUT2D eigenvalue weighted by Gasteiger charge is 2.05. The number of benzene rings is 2. The summed E-state index contributed by atoms with van der Waals surface area (Å²) in [5.41, 5.74) is 2.11. The highest BCUT2D eigenvalue weighted by molar-refractivity contribution is 6.25. The highest BCUT2D eigenvalue weighted by atomic mass is 16.5. The summed E-state index contributed by atoms with van der Waals surface area (Å²) in [5.74, 6) is -4.49. The summed E-state index contributed by atoms with van der Waals surface area (Å²) in [6, 6.07) is 19.7. The summed E-state index contributed by atoms with van der Waals surface area (Å²) in [6.45, 7) is 1.97. The molecule has 1 unspecified atom stereocenters. The normalized spacial score (nSPS) is 11.1. The van der Waals surface area contributed by atoms with Gasteiger partial charge in [-0.2, -0.15) is 0 Å². The molecule has 2 N–H and O–H groups in total. The highest BCUT2D eigenvalue weighted by Crippen LogP contribution is 2.10. The number of aliphatic hydroxyl groups is 1. The van der Waals surface area contributed by atoms with E-state index in [1.54, 1.807) is 0 Å². The number of unbranched alkanes of at least 4 members (excludes halogenated alkanes) is 3. The SMILES string of the molecule is O=C(CCc1ccccc1)OCCCCCCNCC(O)c1ccccc1.O=C([O-])C(=O)[O-]. The van der Waals surface area contributed by atoms with Crippen LogP contribution in [-0.4, -0.2) is 42.7 Å². The molecule has 0 heterocycles. The Morgan fingerprint density at radius 2 is 1.42 bits per heavy atom. The molecule has 2 aromatic rings. The quantitative estimate of drug-likeness (QED) is 0.252. The summed E-state index contributed by atoms with van der Waals surface area (Å²) in [6.07, 6.45) is 4.83. The van der Waals surface area contributed by atoms with Gasteiger partial charge in [0.1, 0.15) is 0 Å². The number of ether oxygens (including phenoxy) is 1. The second-order valence-electron chi connectivity index (χ2n) is 7.33. The largest absolute Gasteiger partial charge is 0.543 e. The Kier molecular flexibility index (Phi) is 14.6. The van der Waals surface area contributed by atoms with Crippen molar-refractivity contribution in [1.82, 2.24) is 5.32 Å².